The Balaban J connectivity index is 0.000000156. The van der Waals surface area contributed by atoms with Crippen molar-refractivity contribution in [2.24, 2.45) is 0 Å². The molecule has 0 saturated heterocycles. The van der Waals surface area contributed by atoms with Crippen LogP contribution in [0, 0.1) is 13.8 Å². The maximum absolute atomic E-state index is 12.3. The number of nitrogens with two attached hydrogens (primary N) is 2. The zero-order valence-corrected chi connectivity index (χ0v) is 62.2. The second-order valence-corrected chi connectivity index (χ2v) is 23.7. The highest BCUT2D eigenvalue weighted by atomic mass is 79.9. The number of anilines is 2. The van der Waals surface area contributed by atoms with E-state index in [0.717, 1.165) is 37.4 Å². The van der Waals surface area contributed by atoms with Crippen molar-refractivity contribution in [2.45, 2.75) is 48.0 Å². The number of Topliss-reactive ketones (excluding diaryl/α,β-unsaturated/α-hetero) is 1. The molecule has 0 radical (unpaired) electrons. The Kier molecular flexibility index (Phi) is 28.8. The number of hydrogen-bond donors (Lipinski definition) is 5. The summed E-state index contributed by atoms with van der Waals surface area (Å²) in [6.07, 6.45) is 24.9. The zero-order chi connectivity index (χ0) is 76.4. The number of carboxylic acids is 1. The molecule has 0 aromatic carbocycles. The van der Waals surface area contributed by atoms with Crippen molar-refractivity contribution in [3.63, 3.8) is 0 Å². The van der Waals surface area contributed by atoms with E-state index in [1.807, 2.05) is 26.0 Å². The van der Waals surface area contributed by atoms with Gasteiger partial charge in [0.15, 0.2) is 68.1 Å². The molecule has 40 heteroatoms. The van der Waals surface area contributed by atoms with Crippen LogP contribution >= 0.6 is 59.4 Å². The predicted octanol–water partition coefficient (Wildman–Crippen LogP) is 9.11. The largest absolute Gasteiger partial charge is 0.477 e. The van der Waals surface area contributed by atoms with Gasteiger partial charge in [-0.1, -0.05) is 11.6 Å². The fourth-order valence-electron chi connectivity index (χ4n) is 8.36. The molecule has 0 fully saturated rings. The van der Waals surface area contributed by atoms with Crippen LogP contribution in [0.2, 0.25) is 5.15 Å². The van der Waals surface area contributed by atoms with Gasteiger partial charge < -0.3 is 35.5 Å². The highest BCUT2D eigenvalue weighted by Crippen LogP contribution is 2.19. The normalized spacial score (nSPS) is 10.4. The minimum Gasteiger partial charge on any atom is -0.477 e. The van der Waals surface area contributed by atoms with Crippen LogP contribution in [0.3, 0.4) is 0 Å². The molecule has 15 aromatic rings. The van der Waals surface area contributed by atoms with Crippen LogP contribution in [0.1, 0.15) is 107 Å². The van der Waals surface area contributed by atoms with Gasteiger partial charge in [0.25, 0.3) is 5.56 Å². The first kappa shape index (κ1) is 79.1. The van der Waals surface area contributed by atoms with Gasteiger partial charge in [-0.3, -0.25) is 29.8 Å². The molecule has 546 valence electrons. The van der Waals surface area contributed by atoms with E-state index in [0.29, 0.717) is 87.0 Å². The van der Waals surface area contributed by atoms with Gasteiger partial charge in [-0.05, 0) is 148 Å². The lowest BCUT2D eigenvalue weighted by atomic mass is 10.0. The first-order valence-corrected chi connectivity index (χ1v) is 33.9. The van der Waals surface area contributed by atoms with Gasteiger partial charge in [-0.15, -0.1) is 0 Å². The van der Waals surface area contributed by atoms with E-state index in [1.54, 1.807) is 177 Å². The Morgan fingerprint density at radius 2 is 0.972 bits per heavy atom. The standard InChI is InChI=1S/C14H11BrN4O.C9H8BrN3O2.C9H8ClN3O2.C9H9N3O3.C9H9N3O2.C7H4BrN3O2.C6H8N2.C3H5N3/c1-9-2-4-16-7-10(9)6-13(20)12-3-5-19-14(18-12)11(15)8-17-19;1-2-15-9(14)7-3-4-13-8(12-7)6(10)5-11-13;1-2-15-9(14)6-5-7(10)13-8(12-6)3-4-11-13;1-2-15-9(14)6-5-8(13)12-7(11-6)3-4-10-12;1-2-14-9(13)7-4-6-12-8(11-7)3-5-10-12;8-4-3-9-11-2-1-5(7(12)13)10-6(4)11;1-5-2-3-8-4-6(5)7;4-3-1-2-5-6-3/h2-5,7-8H,6H2,1H3;2*3-5H,2H2,1H3;3-5,10H,2H2,1H3;3-6H,2H2,1H3;1-3H,(H,12,13);2-4H,7H2,1H3;1-2H,(H3,4,5,6). The van der Waals surface area contributed by atoms with Crippen LogP contribution in [0.25, 0.3) is 33.9 Å². The van der Waals surface area contributed by atoms with Gasteiger partial charge in [0.05, 0.1) is 82.7 Å². The van der Waals surface area contributed by atoms with Crippen molar-refractivity contribution in [3.05, 3.63) is 246 Å². The first-order valence-electron chi connectivity index (χ1n) is 31.1. The summed E-state index contributed by atoms with van der Waals surface area (Å²) < 4.78 is 30.4. The SMILES string of the molecule is CCOC(=O)c1cc(=O)n2[nH]ccc2n1.CCOC(=O)c1cc(Cl)n2nccc2n1.CCOC(=O)c1ccn2ncc(Br)c2n1.CCOC(=O)c1ccn2nccc2n1.Cc1ccncc1CC(=O)c1ccn2ncc(Br)c2n1.Cc1ccncc1N.Nc1ccn[nH]1.O=C(O)c1ccn2ncc(Br)c2n1. The highest BCUT2D eigenvalue weighted by Gasteiger charge is 2.17. The number of pyridine rings is 2. The maximum atomic E-state index is 12.3. The number of ether oxygens (including phenoxy) is 4. The number of ketones is 1. The van der Waals surface area contributed by atoms with Crippen LogP contribution in [0.5, 0.6) is 0 Å². The van der Waals surface area contributed by atoms with E-state index < -0.39 is 29.8 Å². The molecule has 0 unspecified atom stereocenters. The van der Waals surface area contributed by atoms with E-state index in [2.05, 4.69) is 128 Å². The summed E-state index contributed by atoms with van der Waals surface area (Å²) in [6, 6.07) is 19.3. The molecule has 0 amide bonds. The Morgan fingerprint density at radius 3 is 1.48 bits per heavy atom. The number of nitrogens with one attached hydrogen (secondary N) is 2. The average molecular weight is 1660 g/mol. The number of esters is 4. The van der Waals surface area contributed by atoms with E-state index in [-0.39, 0.29) is 40.7 Å². The van der Waals surface area contributed by atoms with Gasteiger partial charge in [0.2, 0.25) is 0 Å². The van der Waals surface area contributed by atoms with Gasteiger partial charge in [0, 0.05) is 92.5 Å². The van der Waals surface area contributed by atoms with Crippen LogP contribution in [-0.2, 0) is 25.4 Å². The second kappa shape index (κ2) is 38.6. The summed E-state index contributed by atoms with van der Waals surface area (Å²) in [6.45, 7) is 12.1. The molecule has 15 aromatic heterocycles. The third-order valence-corrected chi connectivity index (χ3v) is 15.4. The van der Waals surface area contributed by atoms with E-state index in [9.17, 15) is 33.6 Å². The number of rotatable bonds is 12. The molecular formula is C66H62Br3ClN24O12. The Bertz CT molecular complexity index is 5560. The molecule has 7 N–H and O–H groups in total. The molecular weight excluding hydrogens is 1600 g/mol. The zero-order valence-electron chi connectivity index (χ0n) is 56.7. The van der Waals surface area contributed by atoms with E-state index in [4.69, 9.17) is 47.1 Å². The molecule has 0 aliphatic heterocycles. The number of nitrogens with zero attached hydrogens (tertiary/aromatic N) is 20. The van der Waals surface area contributed by atoms with E-state index in [1.165, 1.54) is 25.7 Å². The minimum absolute atomic E-state index is 0.00806. The molecule has 0 bridgehead atoms. The Labute approximate surface area is 628 Å². The van der Waals surface area contributed by atoms with Crippen LogP contribution < -0.4 is 17.0 Å². The number of nitrogen functional groups attached to an aromatic ring is 2. The number of hydrogen-bond acceptors (Lipinski definition) is 27. The van der Waals surface area contributed by atoms with Crippen molar-refractivity contribution in [3.8, 4) is 0 Å². The fraction of sp³-hybridized carbons (Fsp3) is 0.167. The molecule has 106 heavy (non-hydrogen) atoms. The number of aryl methyl sites for hydroxylation is 2. The number of halogens is 4. The summed E-state index contributed by atoms with van der Waals surface area (Å²) in [5.74, 6) is -2.37. The third-order valence-electron chi connectivity index (χ3n) is 13.5. The second-order valence-electron chi connectivity index (χ2n) is 20.7. The molecule has 0 spiro atoms. The summed E-state index contributed by atoms with van der Waals surface area (Å²) >= 11 is 15.8. The van der Waals surface area contributed by atoms with Crippen LogP contribution in [0.15, 0.2) is 184 Å². The van der Waals surface area contributed by atoms with Crippen molar-refractivity contribution >= 4 is 140 Å². The fourth-order valence-corrected chi connectivity index (χ4v) is 9.68. The minimum atomic E-state index is -1.05. The van der Waals surface area contributed by atoms with Crippen molar-refractivity contribution in [2.75, 3.05) is 37.9 Å². The predicted molar refractivity (Wildman–Crippen MR) is 393 cm³/mol. The third kappa shape index (κ3) is 21.7. The van der Waals surface area contributed by atoms with Crippen molar-refractivity contribution in [1.82, 2.24) is 108 Å². The quantitative estimate of drug-likeness (QED) is 0.0329. The van der Waals surface area contributed by atoms with Crippen molar-refractivity contribution in [1.29, 1.82) is 0 Å². The number of H-pyrrole nitrogens is 2. The lowest BCUT2D eigenvalue weighted by molar-refractivity contribution is 0.0510. The molecule has 0 atom stereocenters. The number of aromatic nitrogens is 22. The summed E-state index contributed by atoms with van der Waals surface area (Å²) in [5.41, 5.74) is 18.6. The lowest BCUT2D eigenvalue weighted by Gasteiger charge is -2.04. The molecule has 0 saturated carbocycles. The Hall–Kier alpha value is -12.6. The van der Waals surface area contributed by atoms with Gasteiger partial charge in [0.1, 0.15) is 16.7 Å². The highest BCUT2D eigenvalue weighted by molar-refractivity contribution is 9.11. The molecule has 0 aliphatic carbocycles. The number of aromatic carboxylic acids is 1. The summed E-state index contributed by atoms with van der Waals surface area (Å²) in [5, 5.41) is 37.7. The van der Waals surface area contributed by atoms with Crippen molar-refractivity contribution < 1.29 is 52.8 Å². The lowest BCUT2D eigenvalue weighted by Crippen LogP contribution is -2.18. The van der Waals surface area contributed by atoms with Gasteiger partial charge in [-0.25, -0.2) is 81.0 Å². The van der Waals surface area contributed by atoms with Crippen LogP contribution in [-0.4, -0.2) is 175 Å². The van der Waals surface area contributed by atoms with Gasteiger partial charge >= 0.3 is 29.8 Å². The number of carbonyl (C=O) groups is 6. The maximum Gasteiger partial charge on any atom is 0.357 e. The Morgan fingerprint density at radius 1 is 0.500 bits per heavy atom. The smallest absolute Gasteiger partial charge is 0.357 e. The molecule has 0 aliphatic rings. The number of carbonyl (C=O) groups excluding carboxylic acids is 5. The first-order chi connectivity index (χ1) is 51.0. The molecule has 36 nitrogen and oxygen atoms in total. The number of carboxylic acid groups (broad SMARTS) is 1. The number of aromatic amines is 2. The summed E-state index contributed by atoms with van der Waals surface area (Å²) in [7, 11) is 0. The average Bonchev–Trinajstić information content (AvgIpc) is 1.65. The van der Waals surface area contributed by atoms with Crippen LogP contribution in [0.4, 0.5) is 11.5 Å². The molecule has 15 heterocycles. The summed E-state index contributed by atoms with van der Waals surface area (Å²) in [4.78, 5) is 112. The number of fused-ring (bicyclic) bond motifs is 6. The topological polar surface area (TPSA) is 467 Å². The monoisotopic (exact) mass is 1650 g/mol. The molecule has 15 rings (SSSR count). The van der Waals surface area contributed by atoms with E-state index >= 15 is 0 Å². The van der Waals surface area contributed by atoms with Gasteiger partial charge in [-0.2, -0.15) is 30.6 Å².